The van der Waals surface area contributed by atoms with E-state index < -0.39 is 7.60 Å². The van der Waals surface area contributed by atoms with Gasteiger partial charge >= 0.3 is 7.60 Å². The summed E-state index contributed by atoms with van der Waals surface area (Å²) in [4.78, 5) is 10.7. The van der Waals surface area contributed by atoms with Gasteiger partial charge in [0.25, 0.3) is 0 Å². The van der Waals surface area contributed by atoms with Crippen LogP contribution in [0.4, 0.5) is 0 Å². The highest BCUT2D eigenvalue weighted by Gasteiger charge is 2.23. The lowest BCUT2D eigenvalue weighted by Gasteiger charge is -2.17. The van der Waals surface area contributed by atoms with Crippen LogP contribution in [0.25, 0.3) is 22.3 Å². The summed E-state index contributed by atoms with van der Waals surface area (Å²) in [7, 11) is -3.08. The molecule has 0 spiro atoms. The molecule has 0 fully saturated rings. The second-order valence-corrected chi connectivity index (χ2v) is 11.4. The Kier molecular flexibility index (Phi) is 11.7. The van der Waals surface area contributed by atoms with Crippen LogP contribution in [0.3, 0.4) is 0 Å². The highest BCUT2D eigenvalue weighted by atomic mass is 79.9. The minimum atomic E-state index is -3.08. The lowest BCUT2D eigenvalue weighted by Crippen LogP contribution is -1.99. The molecule has 6 heteroatoms. The number of alkyl halides is 1. The molecule has 0 aliphatic heterocycles. The van der Waals surface area contributed by atoms with Gasteiger partial charge in [0.05, 0.1) is 19.4 Å². The van der Waals surface area contributed by atoms with Gasteiger partial charge in [0.15, 0.2) is 0 Å². The first kappa shape index (κ1) is 29.7. The Balaban J connectivity index is 0.000000230. The number of halogens is 1. The second-order valence-electron chi connectivity index (χ2n) is 8.74. The van der Waals surface area contributed by atoms with Crippen LogP contribution in [0.2, 0.25) is 0 Å². The van der Waals surface area contributed by atoms with E-state index in [1.807, 2.05) is 36.4 Å². The number of rotatable bonds is 10. The van der Waals surface area contributed by atoms with E-state index in [9.17, 15) is 9.36 Å². The minimum absolute atomic E-state index is 0.263. The molecule has 4 rings (SSSR count). The maximum Gasteiger partial charge on any atom is 0.335 e. The monoisotopic (exact) mass is 592 g/mol. The molecule has 0 unspecified atom stereocenters. The first-order valence-electron chi connectivity index (χ1n) is 12.6. The number of benzene rings is 4. The molecule has 0 aromatic heterocycles. The average molecular weight is 593 g/mol. The van der Waals surface area contributed by atoms with Crippen LogP contribution >= 0.6 is 23.5 Å². The Bertz CT molecular complexity index is 1310. The minimum Gasteiger partial charge on any atom is -0.309 e. The largest absolute Gasteiger partial charge is 0.335 e. The number of carbonyl (C=O) groups is 1. The SMILES string of the molecule is CCOP(=O)(Cc1ccc(-c2ccc(C=O)cc2)cc1)OCC.Cc1ccc(-c2ccc(CBr)cc2)cc1. The summed E-state index contributed by atoms with van der Waals surface area (Å²) in [6.45, 7) is 6.43. The lowest BCUT2D eigenvalue weighted by molar-refractivity contribution is 0.112. The average Bonchev–Trinajstić information content (AvgIpc) is 2.94. The summed E-state index contributed by atoms with van der Waals surface area (Å²) < 4.78 is 23.2. The van der Waals surface area contributed by atoms with Gasteiger partial charge in [-0.3, -0.25) is 9.36 Å². The quantitative estimate of drug-likeness (QED) is 0.104. The van der Waals surface area contributed by atoms with Crippen molar-refractivity contribution >= 4 is 29.8 Å². The summed E-state index contributed by atoms with van der Waals surface area (Å²) in [6, 6.07) is 32.4. The molecule has 38 heavy (non-hydrogen) atoms. The van der Waals surface area contributed by atoms with Crippen molar-refractivity contribution < 1.29 is 18.4 Å². The molecular formula is C32H34BrO4P. The fraction of sp³-hybridized carbons (Fsp3) is 0.219. The predicted molar refractivity (Wildman–Crippen MR) is 161 cm³/mol. The fourth-order valence-electron chi connectivity index (χ4n) is 3.83. The maximum absolute atomic E-state index is 12.5. The standard InChI is InChI=1S/C18H21O4P.C14H13Br/c1-3-21-23(20,22-4-2)14-16-7-11-18(12-8-16)17-9-5-15(13-19)6-10-17;1-11-2-6-13(7-3-11)14-8-4-12(10-15)5-9-14/h5-13H,3-4,14H2,1-2H3;2-9H,10H2,1H3. The number of aryl methyl sites for hydroxylation is 1. The number of aldehydes is 1. The molecule has 0 amide bonds. The Hall–Kier alpha value is -2.82. The van der Waals surface area contributed by atoms with E-state index in [2.05, 4.69) is 71.4 Å². The Labute approximate surface area is 234 Å². The van der Waals surface area contributed by atoms with Gasteiger partial charge in [-0.15, -0.1) is 0 Å². The third kappa shape index (κ3) is 8.89. The van der Waals surface area contributed by atoms with Crippen molar-refractivity contribution in [2.45, 2.75) is 32.3 Å². The topological polar surface area (TPSA) is 52.6 Å². The molecule has 0 N–H and O–H groups in total. The van der Waals surface area contributed by atoms with E-state index >= 15 is 0 Å². The zero-order valence-electron chi connectivity index (χ0n) is 22.1. The van der Waals surface area contributed by atoms with Gasteiger partial charge in [-0.1, -0.05) is 119 Å². The van der Waals surface area contributed by atoms with Crippen molar-refractivity contribution in [3.05, 3.63) is 119 Å². The molecule has 4 aromatic carbocycles. The summed E-state index contributed by atoms with van der Waals surface area (Å²) in [5.41, 5.74) is 8.79. The number of hydrogen-bond acceptors (Lipinski definition) is 4. The fourth-order valence-corrected chi connectivity index (χ4v) is 5.91. The van der Waals surface area contributed by atoms with Crippen molar-refractivity contribution in [2.75, 3.05) is 13.2 Å². The third-order valence-corrected chi connectivity index (χ3v) is 8.56. The van der Waals surface area contributed by atoms with Gasteiger partial charge < -0.3 is 9.05 Å². The van der Waals surface area contributed by atoms with Crippen molar-refractivity contribution in [3.8, 4) is 22.3 Å². The van der Waals surface area contributed by atoms with Crippen LogP contribution in [-0.2, 0) is 25.1 Å². The van der Waals surface area contributed by atoms with Crippen molar-refractivity contribution in [1.29, 1.82) is 0 Å². The molecule has 0 atom stereocenters. The first-order valence-corrected chi connectivity index (χ1v) is 15.5. The van der Waals surface area contributed by atoms with E-state index in [-0.39, 0.29) is 6.16 Å². The Morgan fingerprint density at radius 3 is 1.45 bits per heavy atom. The molecule has 4 nitrogen and oxygen atoms in total. The van der Waals surface area contributed by atoms with Crippen LogP contribution < -0.4 is 0 Å². The van der Waals surface area contributed by atoms with Gasteiger partial charge in [-0.2, -0.15) is 0 Å². The van der Waals surface area contributed by atoms with Gasteiger partial charge in [0.2, 0.25) is 0 Å². The van der Waals surface area contributed by atoms with E-state index in [1.54, 1.807) is 26.0 Å². The highest BCUT2D eigenvalue weighted by Crippen LogP contribution is 2.51. The van der Waals surface area contributed by atoms with Gasteiger partial charge in [-0.05, 0) is 54.2 Å². The number of hydrogen-bond donors (Lipinski definition) is 0. The smallest absolute Gasteiger partial charge is 0.309 e. The summed E-state index contributed by atoms with van der Waals surface area (Å²) in [5.74, 6) is 0. The van der Waals surface area contributed by atoms with Crippen LogP contribution in [0.5, 0.6) is 0 Å². The summed E-state index contributed by atoms with van der Waals surface area (Å²) in [6.07, 6.45) is 1.09. The van der Waals surface area contributed by atoms with Crippen LogP contribution in [0.1, 0.15) is 40.9 Å². The molecular weight excluding hydrogens is 559 g/mol. The molecule has 0 saturated heterocycles. The Morgan fingerprint density at radius 2 is 1.05 bits per heavy atom. The first-order chi connectivity index (χ1) is 18.4. The summed E-state index contributed by atoms with van der Waals surface area (Å²) in [5, 5.41) is 0.918. The van der Waals surface area contributed by atoms with E-state index in [4.69, 9.17) is 9.05 Å². The summed E-state index contributed by atoms with van der Waals surface area (Å²) >= 11 is 3.45. The van der Waals surface area contributed by atoms with Crippen LogP contribution in [0.15, 0.2) is 97.1 Å². The maximum atomic E-state index is 12.5. The molecule has 0 saturated carbocycles. The predicted octanol–water partition coefficient (Wildman–Crippen LogP) is 9.49. The molecule has 0 heterocycles. The molecule has 0 radical (unpaired) electrons. The van der Waals surface area contributed by atoms with Crippen molar-refractivity contribution in [3.63, 3.8) is 0 Å². The third-order valence-electron chi connectivity index (χ3n) is 5.85. The normalized spacial score (nSPS) is 10.9. The Morgan fingerprint density at radius 1 is 0.658 bits per heavy atom. The molecule has 198 valence electrons. The van der Waals surface area contributed by atoms with E-state index in [1.165, 1.54) is 22.3 Å². The van der Waals surface area contributed by atoms with Crippen LogP contribution in [0, 0.1) is 6.92 Å². The number of carbonyl (C=O) groups excluding carboxylic acids is 1. The van der Waals surface area contributed by atoms with E-state index in [0.29, 0.717) is 18.8 Å². The van der Waals surface area contributed by atoms with Gasteiger partial charge in [0.1, 0.15) is 6.29 Å². The zero-order chi connectivity index (χ0) is 27.4. The molecule has 0 aliphatic rings. The van der Waals surface area contributed by atoms with Crippen LogP contribution in [-0.4, -0.2) is 19.5 Å². The van der Waals surface area contributed by atoms with Gasteiger partial charge in [-0.25, -0.2) is 0 Å². The molecule has 0 aliphatic carbocycles. The highest BCUT2D eigenvalue weighted by molar-refractivity contribution is 9.08. The molecule has 0 bridgehead atoms. The molecule has 4 aromatic rings. The zero-order valence-corrected chi connectivity index (χ0v) is 24.6. The van der Waals surface area contributed by atoms with Crippen molar-refractivity contribution in [1.82, 2.24) is 0 Å². The second kappa shape index (κ2) is 14.9. The van der Waals surface area contributed by atoms with Gasteiger partial charge in [0, 0.05) is 10.9 Å². The lowest BCUT2D eigenvalue weighted by atomic mass is 10.0. The van der Waals surface area contributed by atoms with E-state index in [0.717, 1.165) is 28.3 Å². The van der Waals surface area contributed by atoms with Crippen molar-refractivity contribution in [2.24, 2.45) is 0 Å².